The monoisotopic (exact) mass is 344 g/mol. The first kappa shape index (κ1) is 13.7. The molecule has 0 aliphatic heterocycles. The number of hydrogen-bond donors (Lipinski definition) is 0. The lowest BCUT2D eigenvalue weighted by molar-refractivity contribution is 0.112. The van der Waals surface area contributed by atoms with Gasteiger partial charge in [-0.05, 0) is 30.3 Å². The summed E-state index contributed by atoms with van der Waals surface area (Å²) >= 11 is 3.30. The Morgan fingerprint density at radius 1 is 1.14 bits per heavy atom. The van der Waals surface area contributed by atoms with E-state index in [0.29, 0.717) is 23.1 Å². The molecule has 1 heterocycles. The molecule has 0 bridgehead atoms. The van der Waals surface area contributed by atoms with Gasteiger partial charge in [-0.2, -0.15) is 5.10 Å². The van der Waals surface area contributed by atoms with E-state index >= 15 is 0 Å². The summed E-state index contributed by atoms with van der Waals surface area (Å²) in [5.74, 6) is -0.417. The van der Waals surface area contributed by atoms with Crippen molar-refractivity contribution >= 4 is 22.2 Å². The summed E-state index contributed by atoms with van der Waals surface area (Å²) in [5.41, 5.74) is 1.77. The van der Waals surface area contributed by atoms with Crippen LogP contribution in [-0.4, -0.2) is 16.1 Å². The first-order valence-electron chi connectivity index (χ1n) is 6.25. The molecule has 0 radical (unpaired) electrons. The second-order valence-corrected chi connectivity index (χ2v) is 5.37. The summed E-state index contributed by atoms with van der Waals surface area (Å²) < 4.78 is 16.3. The van der Waals surface area contributed by atoms with Crippen LogP contribution in [0.3, 0.4) is 0 Å². The predicted molar refractivity (Wildman–Crippen MR) is 82.0 cm³/mol. The van der Waals surface area contributed by atoms with Crippen molar-refractivity contribution in [2.24, 2.45) is 0 Å². The summed E-state index contributed by atoms with van der Waals surface area (Å²) in [4.78, 5) is 11.3. The number of carbonyl (C=O) groups excluding carboxylic acids is 1. The largest absolute Gasteiger partial charge is 0.298 e. The number of nitrogens with zero attached hydrogens (tertiary/aromatic N) is 2. The number of aromatic nitrogens is 2. The molecule has 21 heavy (non-hydrogen) atoms. The molecule has 0 aliphatic carbocycles. The summed E-state index contributed by atoms with van der Waals surface area (Å²) in [5, 5.41) is 4.35. The van der Waals surface area contributed by atoms with E-state index in [1.807, 2.05) is 30.3 Å². The van der Waals surface area contributed by atoms with E-state index in [9.17, 15) is 9.18 Å². The van der Waals surface area contributed by atoms with Crippen LogP contribution >= 0.6 is 15.9 Å². The lowest BCUT2D eigenvalue weighted by Crippen LogP contribution is -1.94. The van der Waals surface area contributed by atoms with Crippen molar-refractivity contribution in [1.29, 1.82) is 0 Å². The van der Waals surface area contributed by atoms with Crippen molar-refractivity contribution in [1.82, 2.24) is 9.78 Å². The molecule has 5 heteroatoms. The van der Waals surface area contributed by atoms with Crippen molar-refractivity contribution < 1.29 is 9.18 Å². The van der Waals surface area contributed by atoms with Gasteiger partial charge in [-0.15, -0.1) is 0 Å². The minimum Gasteiger partial charge on any atom is -0.298 e. The Balaban J connectivity index is 2.17. The Morgan fingerprint density at radius 2 is 1.90 bits per heavy atom. The maximum atomic E-state index is 14.0. The molecule has 1 aromatic heterocycles. The van der Waals surface area contributed by atoms with Crippen LogP contribution in [0.5, 0.6) is 0 Å². The summed E-state index contributed by atoms with van der Waals surface area (Å²) in [6.07, 6.45) is 2.28. The third-order valence-electron chi connectivity index (χ3n) is 3.07. The highest BCUT2D eigenvalue weighted by atomic mass is 79.9. The molecule has 0 saturated heterocycles. The van der Waals surface area contributed by atoms with Crippen molar-refractivity contribution in [3.63, 3.8) is 0 Å². The van der Waals surface area contributed by atoms with Crippen molar-refractivity contribution in [3.8, 4) is 16.9 Å². The smallest absolute Gasteiger partial charge is 0.153 e. The van der Waals surface area contributed by atoms with Gasteiger partial charge in [0, 0.05) is 16.2 Å². The van der Waals surface area contributed by atoms with Gasteiger partial charge in [-0.1, -0.05) is 34.1 Å². The van der Waals surface area contributed by atoms with Gasteiger partial charge in [0.1, 0.15) is 11.5 Å². The number of rotatable bonds is 3. The van der Waals surface area contributed by atoms with E-state index in [0.717, 1.165) is 10.2 Å². The highest BCUT2D eigenvalue weighted by Crippen LogP contribution is 2.28. The lowest BCUT2D eigenvalue weighted by atomic mass is 10.1. The number of aldehydes is 1. The van der Waals surface area contributed by atoms with E-state index in [1.54, 1.807) is 23.0 Å². The molecule has 0 fully saturated rings. The van der Waals surface area contributed by atoms with Gasteiger partial charge < -0.3 is 0 Å². The van der Waals surface area contributed by atoms with Crippen LogP contribution in [0.25, 0.3) is 16.9 Å². The van der Waals surface area contributed by atoms with Crippen LogP contribution in [0.2, 0.25) is 0 Å². The van der Waals surface area contributed by atoms with Gasteiger partial charge in [0.15, 0.2) is 6.29 Å². The second kappa shape index (κ2) is 5.61. The molecule has 0 atom stereocenters. The third kappa shape index (κ3) is 2.64. The van der Waals surface area contributed by atoms with E-state index in [2.05, 4.69) is 21.0 Å². The number of hydrogen-bond acceptors (Lipinski definition) is 2. The van der Waals surface area contributed by atoms with Gasteiger partial charge >= 0.3 is 0 Å². The van der Waals surface area contributed by atoms with E-state index in [4.69, 9.17) is 0 Å². The molecule has 0 amide bonds. The average Bonchev–Trinajstić information content (AvgIpc) is 2.94. The van der Waals surface area contributed by atoms with Crippen LogP contribution in [0.1, 0.15) is 10.4 Å². The minimum atomic E-state index is -0.417. The number of carbonyl (C=O) groups is 1. The normalized spacial score (nSPS) is 10.6. The van der Waals surface area contributed by atoms with Crippen LogP contribution in [-0.2, 0) is 0 Å². The molecular formula is C16H10BrFN2O. The van der Waals surface area contributed by atoms with E-state index in [1.165, 1.54) is 6.07 Å². The molecule has 2 aromatic carbocycles. The predicted octanol–water partition coefficient (Wildman–Crippen LogP) is 4.25. The molecule has 3 aromatic rings. The van der Waals surface area contributed by atoms with Crippen molar-refractivity contribution in [2.45, 2.75) is 0 Å². The summed E-state index contributed by atoms with van der Waals surface area (Å²) in [7, 11) is 0. The van der Waals surface area contributed by atoms with Crippen LogP contribution in [0.15, 0.2) is 59.2 Å². The van der Waals surface area contributed by atoms with Crippen LogP contribution in [0, 0.1) is 5.82 Å². The number of para-hydroxylation sites is 1. The molecule has 3 nitrogen and oxygen atoms in total. The Bertz CT molecular complexity index is 799. The SMILES string of the molecule is O=Cc1cn(-c2ccccc2)nc1-c1cc(Br)ccc1F. The molecule has 0 N–H and O–H groups in total. The molecule has 3 rings (SSSR count). The van der Waals surface area contributed by atoms with Gasteiger partial charge in [-0.25, -0.2) is 9.07 Å². The second-order valence-electron chi connectivity index (χ2n) is 4.46. The fourth-order valence-electron chi connectivity index (χ4n) is 2.07. The van der Waals surface area contributed by atoms with Crippen molar-refractivity contribution in [2.75, 3.05) is 0 Å². The van der Waals surface area contributed by atoms with Gasteiger partial charge in [0.2, 0.25) is 0 Å². The zero-order chi connectivity index (χ0) is 14.8. The quantitative estimate of drug-likeness (QED) is 0.665. The molecule has 0 spiro atoms. The maximum Gasteiger partial charge on any atom is 0.153 e. The van der Waals surface area contributed by atoms with Gasteiger partial charge in [0.05, 0.1) is 11.3 Å². The summed E-state index contributed by atoms with van der Waals surface area (Å²) in [6, 6.07) is 13.9. The highest BCUT2D eigenvalue weighted by Gasteiger charge is 2.15. The zero-order valence-corrected chi connectivity index (χ0v) is 12.4. The first-order valence-corrected chi connectivity index (χ1v) is 7.04. The first-order chi connectivity index (χ1) is 10.2. The highest BCUT2D eigenvalue weighted by molar-refractivity contribution is 9.10. The molecule has 0 aliphatic rings. The fourth-order valence-corrected chi connectivity index (χ4v) is 2.44. The average molecular weight is 345 g/mol. The molecule has 0 saturated carbocycles. The van der Waals surface area contributed by atoms with E-state index < -0.39 is 5.82 Å². The van der Waals surface area contributed by atoms with Crippen molar-refractivity contribution in [3.05, 3.63) is 70.6 Å². The Hall–Kier alpha value is -2.27. The standard InChI is InChI=1S/C16H10BrFN2O/c17-12-6-7-15(18)14(8-12)16-11(10-21)9-20(19-16)13-4-2-1-3-5-13/h1-10H. The lowest BCUT2D eigenvalue weighted by Gasteiger charge is -2.02. The minimum absolute atomic E-state index is 0.293. The zero-order valence-electron chi connectivity index (χ0n) is 10.8. The molecule has 0 unspecified atom stereocenters. The van der Waals surface area contributed by atoms with Gasteiger partial charge in [-0.3, -0.25) is 4.79 Å². The molecular weight excluding hydrogens is 335 g/mol. The third-order valence-corrected chi connectivity index (χ3v) is 3.57. The fraction of sp³-hybridized carbons (Fsp3) is 0. The van der Waals surface area contributed by atoms with Gasteiger partial charge in [0.25, 0.3) is 0 Å². The Morgan fingerprint density at radius 3 is 2.62 bits per heavy atom. The number of halogens is 2. The van der Waals surface area contributed by atoms with Crippen LogP contribution < -0.4 is 0 Å². The topological polar surface area (TPSA) is 34.9 Å². The summed E-state index contributed by atoms with van der Waals surface area (Å²) in [6.45, 7) is 0. The number of benzene rings is 2. The Kier molecular flexibility index (Phi) is 3.66. The molecule has 104 valence electrons. The Labute approximate surface area is 129 Å². The maximum absolute atomic E-state index is 14.0. The van der Waals surface area contributed by atoms with Crippen LogP contribution in [0.4, 0.5) is 4.39 Å². The van der Waals surface area contributed by atoms with E-state index in [-0.39, 0.29) is 0 Å².